The summed E-state index contributed by atoms with van der Waals surface area (Å²) < 4.78 is 0. The van der Waals surface area contributed by atoms with Crippen LogP contribution in [0.15, 0.2) is 11.3 Å². The molecule has 25 heavy (non-hydrogen) atoms. The first-order chi connectivity index (χ1) is 11.8. The molecule has 6 atom stereocenters. The maximum atomic E-state index is 11.9. The van der Waals surface area contributed by atoms with E-state index in [0.29, 0.717) is 36.5 Å². The van der Waals surface area contributed by atoms with Crippen molar-refractivity contribution in [2.24, 2.45) is 34.5 Å². The van der Waals surface area contributed by atoms with E-state index >= 15 is 0 Å². The number of carboxylic acid groups (broad SMARTS) is 1. The molecule has 2 saturated carbocycles. The average molecular weight is 345 g/mol. The normalized spacial score (nSPS) is 46.1. The molecule has 0 spiro atoms. The van der Waals surface area contributed by atoms with Gasteiger partial charge in [-0.3, -0.25) is 9.59 Å². The predicted octanol–water partition coefficient (Wildman–Crippen LogP) is 4.11. The van der Waals surface area contributed by atoms with E-state index in [2.05, 4.69) is 26.1 Å². The van der Waals surface area contributed by atoms with Crippen LogP contribution >= 0.6 is 0 Å². The quantitative estimate of drug-likeness (QED) is 0.791. The van der Waals surface area contributed by atoms with Gasteiger partial charge in [0, 0.05) is 24.0 Å². The van der Waals surface area contributed by atoms with Crippen LogP contribution in [0.2, 0.25) is 0 Å². The molecule has 138 valence electrons. The van der Waals surface area contributed by atoms with Crippen LogP contribution in [0.5, 0.6) is 0 Å². The van der Waals surface area contributed by atoms with Gasteiger partial charge in [0.2, 0.25) is 5.91 Å². The minimum absolute atomic E-state index is 0.104. The molecule has 0 radical (unpaired) electrons. The predicted molar refractivity (Wildman–Crippen MR) is 95.6 cm³/mol. The number of carbonyl (C=O) groups excluding carboxylic acids is 1. The van der Waals surface area contributed by atoms with Crippen LogP contribution in [0.3, 0.4) is 0 Å². The van der Waals surface area contributed by atoms with Gasteiger partial charge in [0.05, 0.1) is 0 Å². The zero-order chi connectivity index (χ0) is 18.0. The van der Waals surface area contributed by atoms with Gasteiger partial charge in [-0.15, -0.1) is 0 Å². The summed E-state index contributed by atoms with van der Waals surface area (Å²) in [4.78, 5) is 23.3. The lowest BCUT2D eigenvalue weighted by Gasteiger charge is -2.58. The standard InChI is InChI=1S/C21H31NO3/c1-12-10-14-15-5-4-13(11-18(24)25)20(15,2)8-6-16(14)21(3)9-7-17(23)22-19(12)21/h13-16H,4-11H2,1-3H3,(H,22,23)(H,24,25). The topological polar surface area (TPSA) is 66.4 Å². The number of aliphatic carboxylic acids is 1. The summed E-state index contributed by atoms with van der Waals surface area (Å²) in [7, 11) is 0. The van der Waals surface area contributed by atoms with E-state index in [1.165, 1.54) is 24.1 Å². The SMILES string of the molecule is CC1=C2NC(=O)CCC2(C)C2CCC3(C)C(CC(=O)O)CCC3C2C1. The molecule has 4 rings (SSSR count). The van der Waals surface area contributed by atoms with Gasteiger partial charge in [0.25, 0.3) is 0 Å². The van der Waals surface area contributed by atoms with Gasteiger partial charge in [-0.2, -0.15) is 0 Å². The summed E-state index contributed by atoms with van der Waals surface area (Å²) in [6.45, 7) is 6.94. The molecular weight excluding hydrogens is 314 g/mol. The van der Waals surface area contributed by atoms with Crippen molar-refractivity contribution in [2.75, 3.05) is 0 Å². The molecule has 4 nitrogen and oxygen atoms in total. The molecule has 0 aromatic rings. The number of nitrogens with one attached hydrogen (secondary N) is 1. The molecular formula is C21H31NO3. The van der Waals surface area contributed by atoms with Gasteiger partial charge in [-0.1, -0.05) is 19.4 Å². The van der Waals surface area contributed by atoms with Crippen molar-refractivity contribution in [3.8, 4) is 0 Å². The number of piperidine rings is 1. The molecule has 4 heteroatoms. The zero-order valence-electron chi connectivity index (χ0n) is 15.7. The fourth-order valence-corrected chi connectivity index (χ4v) is 7.28. The second-order valence-corrected chi connectivity index (χ2v) is 9.62. The van der Waals surface area contributed by atoms with Crippen LogP contribution in [0.4, 0.5) is 0 Å². The number of amides is 1. The van der Waals surface area contributed by atoms with Crippen LogP contribution < -0.4 is 5.32 Å². The number of fused-ring (bicyclic) bond motifs is 5. The number of hydrogen-bond acceptors (Lipinski definition) is 2. The number of rotatable bonds is 2. The van der Waals surface area contributed by atoms with E-state index in [9.17, 15) is 14.7 Å². The number of carboxylic acids is 1. The van der Waals surface area contributed by atoms with Crippen molar-refractivity contribution in [3.05, 3.63) is 11.3 Å². The minimum atomic E-state index is -0.641. The van der Waals surface area contributed by atoms with Crippen molar-refractivity contribution >= 4 is 11.9 Å². The highest BCUT2D eigenvalue weighted by Crippen LogP contribution is 2.66. The lowest BCUT2D eigenvalue weighted by molar-refractivity contribution is -0.140. The highest BCUT2D eigenvalue weighted by Gasteiger charge is 2.59. The van der Waals surface area contributed by atoms with Gasteiger partial charge in [0.15, 0.2) is 0 Å². The summed E-state index contributed by atoms with van der Waals surface area (Å²) in [5, 5.41) is 12.5. The van der Waals surface area contributed by atoms with E-state index in [0.717, 1.165) is 25.7 Å². The molecule has 4 aliphatic rings. The number of allylic oxidation sites excluding steroid dienone is 2. The first-order valence-corrected chi connectivity index (χ1v) is 9.97. The second-order valence-electron chi connectivity index (χ2n) is 9.62. The number of hydrogen-bond donors (Lipinski definition) is 2. The third-order valence-electron chi connectivity index (χ3n) is 8.55. The van der Waals surface area contributed by atoms with Crippen molar-refractivity contribution in [1.82, 2.24) is 5.32 Å². The lowest BCUT2D eigenvalue weighted by Crippen LogP contribution is -2.54. The Kier molecular flexibility index (Phi) is 3.82. The third-order valence-corrected chi connectivity index (χ3v) is 8.55. The summed E-state index contributed by atoms with van der Waals surface area (Å²) in [5.41, 5.74) is 2.87. The van der Waals surface area contributed by atoms with E-state index in [4.69, 9.17) is 0 Å². The van der Waals surface area contributed by atoms with Gasteiger partial charge >= 0.3 is 5.97 Å². The van der Waals surface area contributed by atoms with E-state index in [-0.39, 0.29) is 16.7 Å². The van der Waals surface area contributed by atoms with Crippen molar-refractivity contribution in [2.45, 2.75) is 72.1 Å². The fourth-order valence-electron chi connectivity index (χ4n) is 7.28. The largest absolute Gasteiger partial charge is 0.481 e. The monoisotopic (exact) mass is 345 g/mol. The molecule has 1 amide bonds. The van der Waals surface area contributed by atoms with Gasteiger partial charge < -0.3 is 10.4 Å². The van der Waals surface area contributed by atoms with E-state index in [1.807, 2.05) is 0 Å². The van der Waals surface area contributed by atoms with Crippen LogP contribution in [-0.4, -0.2) is 17.0 Å². The maximum Gasteiger partial charge on any atom is 0.303 e. The molecule has 2 N–H and O–H groups in total. The molecule has 0 aromatic heterocycles. The van der Waals surface area contributed by atoms with E-state index < -0.39 is 5.97 Å². The van der Waals surface area contributed by atoms with Crippen LogP contribution in [0.25, 0.3) is 0 Å². The third kappa shape index (κ3) is 2.39. The molecule has 3 aliphatic carbocycles. The van der Waals surface area contributed by atoms with Crippen LogP contribution in [0.1, 0.15) is 72.1 Å². The Balaban J connectivity index is 1.67. The Hall–Kier alpha value is -1.32. The summed E-state index contributed by atoms with van der Waals surface area (Å²) in [6, 6.07) is 0. The first-order valence-electron chi connectivity index (χ1n) is 9.97. The Morgan fingerprint density at radius 1 is 1.20 bits per heavy atom. The van der Waals surface area contributed by atoms with Crippen LogP contribution in [-0.2, 0) is 9.59 Å². The van der Waals surface area contributed by atoms with Crippen LogP contribution in [0, 0.1) is 34.5 Å². The maximum absolute atomic E-state index is 11.9. The first kappa shape index (κ1) is 17.1. The summed E-state index contributed by atoms with van der Waals surface area (Å²) in [5.74, 6) is 1.79. The minimum Gasteiger partial charge on any atom is -0.481 e. The van der Waals surface area contributed by atoms with Crippen molar-refractivity contribution < 1.29 is 14.7 Å². The highest BCUT2D eigenvalue weighted by atomic mass is 16.4. The second kappa shape index (κ2) is 5.59. The van der Waals surface area contributed by atoms with Gasteiger partial charge in [0.1, 0.15) is 0 Å². The Bertz CT molecular complexity index is 654. The molecule has 1 heterocycles. The fraction of sp³-hybridized carbons (Fsp3) is 0.810. The smallest absolute Gasteiger partial charge is 0.303 e. The zero-order valence-corrected chi connectivity index (χ0v) is 15.7. The molecule has 6 unspecified atom stereocenters. The Morgan fingerprint density at radius 2 is 1.96 bits per heavy atom. The summed E-state index contributed by atoms with van der Waals surface area (Å²) >= 11 is 0. The van der Waals surface area contributed by atoms with Crippen molar-refractivity contribution in [1.29, 1.82) is 0 Å². The molecule has 3 fully saturated rings. The van der Waals surface area contributed by atoms with Gasteiger partial charge in [-0.05, 0) is 74.5 Å². The van der Waals surface area contributed by atoms with Crippen molar-refractivity contribution in [3.63, 3.8) is 0 Å². The molecule has 1 saturated heterocycles. The van der Waals surface area contributed by atoms with E-state index in [1.54, 1.807) is 0 Å². The summed E-state index contributed by atoms with van der Waals surface area (Å²) in [6.07, 6.45) is 7.59. The molecule has 0 aromatic carbocycles. The lowest BCUT2D eigenvalue weighted by atomic mass is 9.48. The average Bonchev–Trinajstić information content (AvgIpc) is 2.86. The number of carbonyl (C=O) groups is 2. The Morgan fingerprint density at radius 3 is 2.68 bits per heavy atom. The Labute approximate surface area is 150 Å². The molecule has 1 aliphatic heterocycles. The van der Waals surface area contributed by atoms with Gasteiger partial charge in [-0.25, -0.2) is 0 Å². The highest BCUT2D eigenvalue weighted by molar-refractivity contribution is 5.79. The molecule has 0 bridgehead atoms.